The predicted molar refractivity (Wildman–Crippen MR) is 146 cm³/mol. The van der Waals surface area contributed by atoms with E-state index >= 15 is 0 Å². The van der Waals surface area contributed by atoms with Gasteiger partial charge in [0.2, 0.25) is 5.96 Å². The van der Waals surface area contributed by atoms with E-state index in [1.54, 1.807) is 44.5 Å². The van der Waals surface area contributed by atoms with Crippen molar-refractivity contribution in [3.8, 4) is 0 Å². The van der Waals surface area contributed by atoms with E-state index < -0.39 is 33.9 Å². The summed E-state index contributed by atoms with van der Waals surface area (Å²) in [6.07, 6.45) is -1.13. The Labute approximate surface area is 223 Å². The van der Waals surface area contributed by atoms with Crippen molar-refractivity contribution in [3.05, 3.63) is 59.9 Å². The normalized spacial score (nSPS) is 14.2. The highest BCUT2D eigenvalue weighted by Crippen LogP contribution is 2.24. The van der Waals surface area contributed by atoms with Gasteiger partial charge in [-0.1, -0.05) is 29.8 Å². The Morgan fingerprint density at radius 3 is 2.47 bits per heavy atom. The molecule has 0 aliphatic rings. The summed E-state index contributed by atoms with van der Waals surface area (Å²) in [5, 5.41) is 14.0. The molecular formula is C26H36N6O5S. The number of aromatic nitrogens is 2. The fourth-order valence-corrected chi connectivity index (χ4v) is 4.79. The molecule has 0 fully saturated rings. The Balaban J connectivity index is 1.69. The van der Waals surface area contributed by atoms with Crippen LogP contribution in [0.3, 0.4) is 0 Å². The topological polar surface area (TPSA) is 161 Å². The van der Waals surface area contributed by atoms with Crippen molar-refractivity contribution in [2.75, 3.05) is 6.54 Å². The summed E-state index contributed by atoms with van der Waals surface area (Å²) in [5.74, 6) is 0.138. The average molecular weight is 545 g/mol. The van der Waals surface area contributed by atoms with Gasteiger partial charge in [0.15, 0.2) is 0 Å². The number of alkyl carbamates (subject to hydrolysis) is 1. The molecule has 3 rings (SSSR count). The van der Waals surface area contributed by atoms with Crippen LogP contribution in [-0.2, 0) is 21.8 Å². The summed E-state index contributed by atoms with van der Waals surface area (Å²) >= 11 is 0. The number of hydrogen-bond donors (Lipinski definition) is 4. The van der Waals surface area contributed by atoms with Gasteiger partial charge in [0, 0.05) is 13.6 Å². The number of sulfonamides is 1. The maximum atomic E-state index is 12.5. The number of carbonyl (C=O) groups is 1. The molecule has 0 bridgehead atoms. The molecule has 11 nitrogen and oxygen atoms in total. The van der Waals surface area contributed by atoms with E-state index in [-0.39, 0.29) is 17.4 Å². The van der Waals surface area contributed by atoms with Crippen LogP contribution in [0.1, 0.15) is 51.1 Å². The Kier molecular flexibility index (Phi) is 9.00. The minimum absolute atomic E-state index is 0.0773. The lowest BCUT2D eigenvalue weighted by Gasteiger charge is -2.26. The van der Waals surface area contributed by atoms with Crippen LogP contribution in [-0.4, -0.2) is 53.3 Å². The van der Waals surface area contributed by atoms with Gasteiger partial charge in [-0.3, -0.25) is 4.99 Å². The van der Waals surface area contributed by atoms with Crippen LogP contribution in [0.5, 0.6) is 0 Å². The highest BCUT2D eigenvalue weighted by molar-refractivity contribution is 7.90. The molecule has 2 aromatic carbocycles. The fraction of sp³-hybridized carbons (Fsp3) is 0.423. The second-order valence-corrected chi connectivity index (χ2v) is 11.7. The van der Waals surface area contributed by atoms with Crippen LogP contribution in [0.2, 0.25) is 0 Å². The number of para-hydroxylation sites is 2. The Morgan fingerprint density at radius 1 is 1.18 bits per heavy atom. The number of nitrogens with two attached hydrogens (primary N) is 1. The lowest BCUT2D eigenvalue weighted by molar-refractivity contribution is 0.0400. The lowest BCUT2D eigenvalue weighted by atomic mass is 10.0. The quantitative estimate of drug-likeness (QED) is 0.183. The van der Waals surface area contributed by atoms with Crippen LogP contribution in [0.4, 0.5) is 4.79 Å². The Bertz CT molecular complexity index is 1390. The van der Waals surface area contributed by atoms with Crippen LogP contribution in [0, 0.1) is 6.92 Å². The Morgan fingerprint density at radius 2 is 1.84 bits per heavy atom. The number of nitrogens with zero attached hydrogens (tertiary/aromatic N) is 3. The standard InChI is InChI=1S/C26H36N6O5S/c1-17-12-14-18(15-13-17)38(35,36)31-24(27)28-16-8-10-20(30-25(34)37-26(2,3)4)22(33)23-29-19-9-6-7-11-21(19)32(23)5/h6-7,9,11-15,20,22,33H,8,10,16H2,1-5H3,(H,30,34)(H3,27,28,31)/t20-,22?/m0/s1. The van der Waals surface area contributed by atoms with Gasteiger partial charge in [0.1, 0.15) is 17.5 Å². The van der Waals surface area contributed by atoms with E-state index in [4.69, 9.17) is 10.5 Å². The summed E-state index contributed by atoms with van der Waals surface area (Å²) in [5.41, 5.74) is 7.59. The molecule has 1 aromatic heterocycles. The van der Waals surface area contributed by atoms with Gasteiger partial charge in [-0.05, 0) is 64.8 Å². The molecule has 0 saturated heterocycles. The molecule has 3 aromatic rings. The van der Waals surface area contributed by atoms with Crippen LogP contribution >= 0.6 is 0 Å². The third-order valence-corrected chi connectivity index (χ3v) is 7.07. The molecule has 1 amide bonds. The largest absolute Gasteiger partial charge is 0.444 e. The van der Waals surface area contributed by atoms with E-state index in [1.807, 2.05) is 31.2 Å². The molecule has 0 spiro atoms. The number of aryl methyl sites for hydroxylation is 2. The number of aliphatic hydroxyl groups is 1. The number of hydrogen-bond acceptors (Lipinski definition) is 7. The van der Waals surface area contributed by atoms with Gasteiger partial charge in [-0.2, -0.15) is 0 Å². The first-order valence-electron chi connectivity index (χ1n) is 12.2. The zero-order valence-corrected chi connectivity index (χ0v) is 23.1. The number of rotatable bonds is 9. The van der Waals surface area contributed by atoms with Crippen molar-refractivity contribution in [2.45, 2.75) is 63.2 Å². The van der Waals surface area contributed by atoms with Gasteiger partial charge in [-0.25, -0.2) is 22.9 Å². The van der Waals surface area contributed by atoms with Gasteiger partial charge in [-0.15, -0.1) is 0 Å². The molecule has 2 atom stereocenters. The van der Waals surface area contributed by atoms with Crippen LogP contribution < -0.4 is 15.8 Å². The minimum Gasteiger partial charge on any atom is -0.444 e. The highest BCUT2D eigenvalue weighted by atomic mass is 32.2. The molecule has 5 N–H and O–H groups in total. The zero-order chi connectivity index (χ0) is 28.1. The number of carbonyl (C=O) groups excluding carboxylic acids is 1. The summed E-state index contributed by atoms with van der Waals surface area (Å²) in [4.78, 5) is 21.2. The molecular weight excluding hydrogens is 508 g/mol. The number of fused-ring (bicyclic) bond motifs is 1. The van der Waals surface area contributed by atoms with E-state index in [0.717, 1.165) is 16.6 Å². The first-order valence-corrected chi connectivity index (χ1v) is 13.7. The van der Waals surface area contributed by atoms with E-state index in [0.29, 0.717) is 18.7 Å². The number of amides is 1. The molecule has 12 heteroatoms. The van der Waals surface area contributed by atoms with Gasteiger partial charge < -0.3 is 25.5 Å². The molecule has 0 aliphatic heterocycles. The number of ether oxygens (including phenoxy) is 1. The molecule has 0 radical (unpaired) electrons. The van der Waals surface area contributed by atoms with Crippen molar-refractivity contribution in [1.82, 2.24) is 19.6 Å². The number of imidazole rings is 1. The molecule has 1 unspecified atom stereocenters. The highest BCUT2D eigenvalue weighted by Gasteiger charge is 2.28. The third-order valence-electron chi connectivity index (χ3n) is 5.70. The molecule has 1 heterocycles. The maximum Gasteiger partial charge on any atom is 0.407 e. The lowest BCUT2D eigenvalue weighted by Crippen LogP contribution is -2.43. The van der Waals surface area contributed by atoms with Gasteiger partial charge in [0.05, 0.1) is 22.0 Å². The zero-order valence-electron chi connectivity index (χ0n) is 22.3. The van der Waals surface area contributed by atoms with E-state index in [2.05, 4.69) is 20.0 Å². The minimum atomic E-state index is -3.86. The second kappa shape index (κ2) is 11.8. The summed E-state index contributed by atoms with van der Waals surface area (Å²) in [7, 11) is -2.07. The number of aliphatic imine (C=N–C) groups is 1. The SMILES string of the molecule is Cc1ccc(S(=O)(=O)NC(N)=NCCC[C@H](NC(=O)OC(C)(C)C)C(O)c2nc3ccccc3n2C)cc1. The smallest absolute Gasteiger partial charge is 0.407 e. The maximum absolute atomic E-state index is 12.5. The molecule has 0 aliphatic carbocycles. The molecule has 206 valence electrons. The Hall–Kier alpha value is -3.64. The van der Waals surface area contributed by atoms with Crippen molar-refractivity contribution in [3.63, 3.8) is 0 Å². The first kappa shape index (κ1) is 28.9. The summed E-state index contributed by atoms with van der Waals surface area (Å²) in [6.45, 7) is 7.26. The summed E-state index contributed by atoms with van der Waals surface area (Å²) < 4.78 is 34.4. The summed E-state index contributed by atoms with van der Waals surface area (Å²) in [6, 6.07) is 13.1. The first-order chi connectivity index (χ1) is 17.8. The van der Waals surface area contributed by atoms with E-state index in [1.165, 1.54) is 12.1 Å². The van der Waals surface area contributed by atoms with Gasteiger partial charge >= 0.3 is 6.09 Å². The van der Waals surface area contributed by atoms with Crippen molar-refractivity contribution < 1.29 is 23.1 Å². The van der Waals surface area contributed by atoms with E-state index in [9.17, 15) is 18.3 Å². The number of aliphatic hydroxyl groups excluding tert-OH is 1. The van der Waals surface area contributed by atoms with Crippen molar-refractivity contribution >= 4 is 33.1 Å². The van der Waals surface area contributed by atoms with Gasteiger partial charge in [0.25, 0.3) is 10.0 Å². The van der Waals surface area contributed by atoms with Crippen LogP contribution in [0.15, 0.2) is 58.4 Å². The number of guanidine groups is 1. The molecule has 38 heavy (non-hydrogen) atoms. The monoisotopic (exact) mass is 544 g/mol. The van der Waals surface area contributed by atoms with Crippen molar-refractivity contribution in [1.29, 1.82) is 0 Å². The number of nitrogens with one attached hydrogen (secondary N) is 2. The predicted octanol–water partition coefficient (Wildman–Crippen LogP) is 2.88. The van der Waals surface area contributed by atoms with Crippen molar-refractivity contribution in [2.24, 2.45) is 17.8 Å². The number of benzene rings is 2. The third kappa shape index (κ3) is 7.68. The second-order valence-electron chi connectivity index (χ2n) is 10.0. The molecule has 0 saturated carbocycles. The van der Waals surface area contributed by atoms with Crippen LogP contribution in [0.25, 0.3) is 11.0 Å². The fourth-order valence-electron chi connectivity index (χ4n) is 3.83. The average Bonchev–Trinajstić information content (AvgIpc) is 3.16.